The zero-order chi connectivity index (χ0) is 13.8. The molecule has 1 aliphatic heterocycles. The molecule has 0 aliphatic carbocycles. The maximum Gasteiger partial charge on any atom is 0.0762 e. The maximum absolute atomic E-state index is 4.66. The van der Waals surface area contributed by atoms with Gasteiger partial charge in [0, 0.05) is 35.9 Å². The van der Waals surface area contributed by atoms with Gasteiger partial charge in [0.05, 0.1) is 5.69 Å². The number of fused-ring (bicyclic) bond motifs is 1. The molecule has 0 bridgehead atoms. The minimum Gasteiger partial charge on any atom is -0.311 e. The average molecular weight is 287 g/mol. The Bertz CT molecular complexity index is 564. The Morgan fingerprint density at radius 3 is 3.15 bits per heavy atom. The van der Waals surface area contributed by atoms with E-state index >= 15 is 0 Å². The lowest BCUT2D eigenvalue weighted by Crippen LogP contribution is -2.15. The molecule has 1 aliphatic rings. The molecule has 1 atom stereocenters. The molecule has 0 saturated heterocycles. The van der Waals surface area contributed by atoms with Crippen molar-refractivity contribution < 1.29 is 0 Å². The van der Waals surface area contributed by atoms with Crippen molar-refractivity contribution in [3.8, 4) is 0 Å². The van der Waals surface area contributed by atoms with Crippen molar-refractivity contribution in [1.82, 2.24) is 15.1 Å². The fraction of sp³-hybridized carbons (Fsp3) is 0.438. The van der Waals surface area contributed by atoms with Crippen LogP contribution in [-0.2, 0) is 13.1 Å². The Labute approximate surface area is 124 Å². The van der Waals surface area contributed by atoms with E-state index in [9.17, 15) is 0 Å². The summed E-state index contributed by atoms with van der Waals surface area (Å²) in [6, 6.07) is 10.9. The molecule has 106 valence electrons. The highest BCUT2D eigenvalue weighted by Crippen LogP contribution is 2.39. The molecule has 1 aromatic heterocycles. The number of hydrogen-bond acceptors (Lipinski definition) is 3. The lowest BCUT2D eigenvalue weighted by molar-refractivity contribution is 0.538. The molecule has 0 saturated carbocycles. The van der Waals surface area contributed by atoms with Crippen LogP contribution in [-0.4, -0.2) is 22.1 Å². The zero-order valence-corrected chi connectivity index (χ0v) is 12.7. The number of hydrogen-bond donors (Lipinski definition) is 1. The predicted molar refractivity (Wildman–Crippen MR) is 84.1 cm³/mol. The third-order valence-corrected chi connectivity index (χ3v) is 4.89. The van der Waals surface area contributed by atoms with Crippen molar-refractivity contribution in [2.75, 3.05) is 12.3 Å². The first kappa shape index (κ1) is 13.7. The SMILES string of the molecule is CCCNCc1ccn(CC2CSc3ccccc32)n1. The summed E-state index contributed by atoms with van der Waals surface area (Å²) < 4.78 is 2.09. The maximum atomic E-state index is 4.66. The molecular formula is C16H21N3S. The fourth-order valence-electron chi connectivity index (χ4n) is 2.60. The van der Waals surface area contributed by atoms with E-state index in [1.807, 2.05) is 11.8 Å². The zero-order valence-electron chi connectivity index (χ0n) is 11.9. The monoisotopic (exact) mass is 287 g/mol. The van der Waals surface area contributed by atoms with Crippen LogP contribution in [0.3, 0.4) is 0 Å². The van der Waals surface area contributed by atoms with E-state index in [1.165, 1.54) is 16.2 Å². The van der Waals surface area contributed by atoms with Gasteiger partial charge in [0.2, 0.25) is 0 Å². The van der Waals surface area contributed by atoms with Gasteiger partial charge in [-0.2, -0.15) is 5.10 Å². The van der Waals surface area contributed by atoms with Crippen molar-refractivity contribution in [1.29, 1.82) is 0 Å². The first-order valence-electron chi connectivity index (χ1n) is 7.31. The van der Waals surface area contributed by atoms with Gasteiger partial charge in [0.15, 0.2) is 0 Å². The normalized spacial score (nSPS) is 17.4. The van der Waals surface area contributed by atoms with Gasteiger partial charge >= 0.3 is 0 Å². The number of benzene rings is 1. The lowest BCUT2D eigenvalue weighted by Gasteiger charge is -2.10. The Hall–Kier alpha value is -1.26. The van der Waals surface area contributed by atoms with E-state index in [0.717, 1.165) is 31.7 Å². The van der Waals surface area contributed by atoms with Crippen LogP contribution in [0.25, 0.3) is 0 Å². The Morgan fingerprint density at radius 2 is 2.25 bits per heavy atom. The molecule has 2 heterocycles. The van der Waals surface area contributed by atoms with E-state index in [1.54, 1.807) is 0 Å². The van der Waals surface area contributed by atoms with Crippen LogP contribution >= 0.6 is 11.8 Å². The van der Waals surface area contributed by atoms with Crippen molar-refractivity contribution >= 4 is 11.8 Å². The van der Waals surface area contributed by atoms with E-state index in [4.69, 9.17) is 0 Å². The van der Waals surface area contributed by atoms with Crippen LogP contribution in [0.4, 0.5) is 0 Å². The smallest absolute Gasteiger partial charge is 0.0762 e. The third kappa shape index (κ3) is 3.07. The fourth-order valence-corrected chi connectivity index (χ4v) is 3.84. The molecule has 0 spiro atoms. The standard InChI is InChI=1S/C16H21N3S/c1-2-8-17-10-14-7-9-19(18-14)11-13-12-20-16-6-4-3-5-15(13)16/h3-7,9,13,17H,2,8,10-12H2,1H3. The van der Waals surface area contributed by atoms with E-state index < -0.39 is 0 Å². The van der Waals surface area contributed by atoms with Gasteiger partial charge in [-0.05, 0) is 30.7 Å². The molecule has 2 aromatic rings. The Kier molecular flexibility index (Phi) is 4.43. The van der Waals surface area contributed by atoms with Crippen LogP contribution in [0.5, 0.6) is 0 Å². The predicted octanol–water partition coefficient (Wildman–Crippen LogP) is 3.27. The van der Waals surface area contributed by atoms with Crippen LogP contribution in [0.2, 0.25) is 0 Å². The second-order valence-corrected chi connectivity index (χ2v) is 6.31. The van der Waals surface area contributed by atoms with Crippen molar-refractivity contribution in [2.24, 2.45) is 0 Å². The summed E-state index contributed by atoms with van der Waals surface area (Å²) in [5, 5.41) is 8.06. The van der Waals surface area contributed by atoms with Crippen LogP contribution in [0, 0.1) is 0 Å². The van der Waals surface area contributed by atoms with Gasteiger partial charge in [-0.15, -0.1) is 11.8 Å². The molecular weight excluding hydrogens is 266 g/mol. The van der Waals surface area contributed by atoms with Gasteiger partial charge in [-0.25, -0.2) is 0 Å². The summed E-state index contributed by atoms with van der Waals surface area (Å²) >= 11 is 1.97. The van der Waals surface area contributed by atoms with Crippen molar-refractivity contribution in [3.05, 3.63) is 47.8 Å². The van der Waals surface area contributed by atoms with Gasteiger partial charge in [0.25, 0.3) is 0 Å². The molecule has 1 N–H and O–H groups in total. The average Bonchev–Trinajstić information content (AvgIpc) is 3.08. The van der Waals surface area contributed by atoms with Gasteiger partial charge in [-0.1, -0.05) is 25.1 Å². The van der Waals surface area contributed by atoms with Crippen LogP contribution < -0.4 is 5.32 Å². The quantitative estimate of drug-likeness (QED) is 0.827. The Balaban J connectivity index is 1.62. The summed E-state index contributed by atoms with van der Waals surface area (Å²) in [6.07, 6.45) is 3.27. The van der Waals surface area contributed by atoms with E-state index in [2.05, 4.69) is 58.5 Å². The number of aromatic nitrogens is 2. The van der Waals surface area contributed by atoms with Gasteiger partial charge in [0.1, 0.15) is 0 Å². The highest BCUT2D eigenvalue weighted by atomic mass is 32.2. The molecule has 3 nitrogen and oxygen atoms in total. The minimum absolute atomic E-state index is 0.590. The minimum atomic E-state index is 0.590. The number of nitrogens with zero attached hydrogens (tertiary/aromatic N) is 2. The molecule has 1 unspecified atom stereocenters. The van der Waals surface area contributed by atoms with Crippen LogP contribution in [0.1, 0.15) is 30.5 Å². The largest absolute Gasteiger partial charge is 0.311 e. The molecule has 4 heteroatoms. The Morgan fingerprint density at radius 1 is 1.35 bits per heavy atom. The first-order chi connectivity index (χ1) is 9.86. The van der Waals surface area contributed by atoms with Crippen molar-refractivity contribution in [3.63, 3.8) is 0 Å². The second-order valence-electron chi connectivity index (χ2n) is 5.25. The molecule has 0 fully saturated rings. The molecule has 0 amide bonds. The van der Waals surface area contributed by atoms with Crippen LogP contribution in [0.15, 0.2) is 41.4 Å². The lowest BCUT2D eigenvalue weighted by atomic mass is 10.0. The topological polar surface area (TPSA) is 29.9 Å². The molecule has 0 radical (unpaired) electrons. The summed E-state index contributed by atoms with van der Waals surface area (Å²) in [5.41, 5.74) is 2.62. The van der Waals surface area contributed by atoms with Gasteiger partial charge in [-0.3, -0.25) is 4.68 Å². The second kappa shape index (κ2) is 6.46. The van der Waals surface area contributed by atoms with E-state index in [0.29, 0.717) is 5.92 Å². The summed E-state index contributed by atoms with van der Waals surface area (Å²) in [6.45, 7) is 5.09. The highest BCUT2D eigenvalue weighted by Gasteiger charge is 2.23. The van der Waals surface area contributed by atoms with E-state index in [-0.39, 0.29) is 0 Å². The third-order valence-electron chi connectivity index (χ3n) is 3.64. The summed E-state index contributed by atoms with van der Waals surface area (Å²) in [7, 11) is 0. The first-order valence-corrected chi connectivity index (χ1v) is 8.30. The number of thioether (sulfide) groups is 1. The summed E-state index contributed by atoms with van der Waals surface area (Å²) in [5.74, 6) is 1.76. The molecule has 1 aromatic carbocycles. The number of nitrogens with one attached hydrogen (secondary N) is 1. The van der Waals surface area contributed by atoms with Crippen molar-refractivity contribution in [2.45, 2.75) is 37.2 Å². The summed E-state index contributed by atoms with van der Waals surface area (Å²) in [4.78, 5) is 1.44. The molecule has 20 heavy (non-hydrogen) atoms. The van der Waals surface area contributed by atoms with Gasteiger partial charge < -0.3 is 5.32 Å². The highest BCUT2D eigenvalue weighted by molar-refractivity contribution is 7.99. The molecule has 3 rings (SSSR count). The number of rotatable bonds is 6.